The van der Waals surface area contributed by atoms with Crippen LogP contribution in [0, 0.1) is 0 Å². The fourth-order valence-electron chi connectivity index (χ4n) is 2.37. The molecule has 3 rings (SSSR count). The zero-order valence-corrected chi connectivity index (χ0v) is 12.0. The highest BCUT2D eigenvalue weighted by molar-refractivity contribution is 6.21. The Hall–Kier alpha value is -2.56. The molecule has 2 heterocycles. The predicted molar refractivity (Wildman–Crippen MR) is 78.3 cm³/mol. The molecule has 0 radical (unpaired) electrons. The maximum atomic E-state index is 11.9. The van der Waals surface area contributed by atoms with E-state index in [2.05, 4.69) is 5.32 Å². The van der Waals surface area contributed by atoms with Crippen molar-refractivity contribution >= 4 is 17.5 Å². The Kier molecular flexibility index (Phi) is 3.25. The third kappa shape index (κ3) is 2.31. The van der Waals surface area contributed by atoms with Gasteiger partial charge in [0.1, 0.15) is 11.5 Å². The van der Waals surface area contributed by atoms with E-state index in [9.17, 15) is 9.59 Å². The molecule has 0 saturated heterocycles. The number of fused-ring (bicyclic) bond motifs is 1. The number of rotatable bonds is 4. The Morgan fingerprint density at radius 2 is 1.76 bits per heavy atom. The van der Waals surface area contributed by atoms with Gasteiger partial charge in [-0.2, -0.15) is 0 Å². The molecule has 0 fully saturated rings. The minimum Gasteiger partial charge on any atom is -0.464 e. The fraction of sp³-hybridized carbons (Fsp3) is 0.250. The SMILES string of the molecule is CCc1ccc(CNc2ccc3c(c2)C(=O)N(C)C3=O)o1. The van der Waals surface area contributed by atoms with Crippen molar-refractivity contribution in [3.63, 3.8) is 0 Å². The van der Waals surface area contributed by atoms with E-state index in [1.165, 1.54) is 7.05 Å². The van der Waals surface area contributed by atoms with Crippen LogP contribution in [0.4, 0.5) is 5.69 Å². The number of furan rings is 1. The molecule has 1 aromatic heterocycles. The number of aryl methyl sites for hydroxylation is 1. The van der Waals surface area contributed by atoms with Crippen molar-refractivity contribution in [2.45, 2.75) is 19.9 Å². The van der Waals surface area contributed by atoms with Crippen LogP contribution in [0.25, 0.3) is 0 Å². The standard InChI is InChI=1S/C16H16N2O3/c1-3-11-5-6-12(21-11)9-17-10-4-7-13-14(8-10)16(20)18(2)15(13)19/h4-8,17H,3,9H2,1-2H3. The summed E-state index contributed by atoms with van der Waals surface area (Å²) in [6.45, 7) is 2.58. The summed E-state index contributed by atoms with van der Waals surface area (Å²) >= 11 is 0. The average Bonchev–Trinajstić information content (AvgIpc) is 3.05. The quantitative estimate of drug-likeness (QED) is 0.877. The molecule has 2 amide bonds. The lowest BCUT2D eigenvalue weighted by Crippen LogP contribution is -2.24. The molecule has 1 N–H and O–H groups in total. The highest BCUT2D eigenvalue weighted by Gasteiger charge is 2.32. The number of hydrogen-bond donors (Lipinski definition) is 1. The maximum absolute atomic E-state index is 11.9. The predicted octanol–water partition coefficient (Wildman–Crippen LogP) is 2.68. The molecule has 0 unspecified atom stereocenters. The highest BCUT2D eigenvalue weighted by atomic mass is 16.3. The molecule has 0 spiro atoms. The fourth-order valence-corrected chi connectivity index (χ4v) is 2.37. The number of carbonyl (C=O) groups is 2. The lowest BCUT2D eigenvalue weighted by Gasteiger charge is -2.05. The zero-order chi connectivity index (χ0) is 15.0. The Labute approximate surface area is 122 Å². The second-order valence-electron chi connectivity index (χ2n) is 5.00. The summed E-state index contributed by atoms with van der Waals surface area (Å²) in [5.41, 5.74) is 1.69. The molecule has 2 aromatic rings. The van der Waals surface area contributed by atoms with Crippen LogP contribution in [0.1, 0.15) is 39.2 Å². The number of carbonyl (C=O) groups excluding carboxylic acids is 2. The van der Waals surface area contributed by atoms with Crippen LogP contribution in [-0.4, -0.2) is 23.8 Å². The van der Waals surface area contributed by atoms with Crippen molar-refractivity contribution in [3.05, 3.63) is 53.0 Å². The average molecular weight is 284 g/mol. The Morgan fingerprint density at radius 1 is 1.05 bits per heavy atom. The molecule has 1 aliphatic heterocycles. The molecule has 108 valence electrons. The normalized spacial score (nSPS) is 13.7. The molecule has 21 heavy (non-hydrogen) atoms. The first-order valence-corrected chi connectivity index (χ1v) is 6.88. The Balaban J connectivity index is 1.76. The van der Waals surface area contributed by atoms with Crippen molar-refractivity contribution < 1.29 is 14.0 Å². The number of hydrogen-bond acceptors (Lipinski definition) is 4. The summed E-state index contributed by atoms with van der Waals surface area (Å²) in [7, 11) is 1.49. The van der Waals surface area contributed by atoms with Gasteiger partial charge < -0.3 is 9.73 Å². The highest BCUT2D eigenvalue weighted by Crippen LogP contribution is 2.25. The molecule has 1 aliphatic rings. The maximum Gasteiger partial charge on any atom is 0.261 e. The van der Waals surface area contributed by atoms with Crippen LogP contribution in [0.5, 0.6) is 0 Å². The Bertz CT molecular complexity index is 718. The molecule has 0 saturated carbocycles. The molecule has 5 heteroatoms. The van der Waals surface area contributed by atoms with Gasteiger partial charge in [-0.3, -0.25) is 14.5 Å². The van der Waals surface area contributed by atoms with Crippen LogP contribution < -0.4 is 5.32 Å². The monoisotopic (exact) mass is 284 g/mol. The zero-order valence-electron chi connectivity index (χ0n) is 12.0. The van der Waals surface area contributed by atoms with E-state index in [1.54, 1.807) is 18.2 Å². The molecular weight excluding hydrogens is 268 g/mol. The van der Waals surface area contributed by atoms with Gasteiger partial charge in [0.15, 0.2) is 0 Å². The van der Waals surface area contributed by atoms with Crippen molar-refractivity contribution in [2.75, 3.05) is 12.4 Å². The van der Waals surface area contributed by atoms with Crippen LogP contribution in [0.2, 0.25) is 0 Å². The number of nitrogens with zero attached hydrogens (tertiary/aromatic N) is 1. The molecule has 0 aliphatic carbocycles. The number of nitrogens with one attached hydrogen (secondary N) is 1. The third-order valence-electron chi connectivity index (χ3n) is 3.62. The van der Waals surface area contributed by atoms with Crippen LogP contribution in [0.15, 0.2) is 34.7 Å². The topological polar surface area (TPSA) is 62.6 Å². The minimum absolute atomic E-state index is 0.250. The van der Waals surface area contributed by atoms with Gasteiger partial charge in [-0.25, -0.2) is 0 Å². The van der Waals surface area contributed by atoms with Gasteiger partial charge >= 0.3 is 0 Å². The number of benzene rings is 1. The van der Waals surface area contributed by atoms with Crippen molar-refractivity contribution in [1.82, 2.24) is 4.90 Å². The first kappa shape index (κ1) is 13.4. The summed E-state index contributed by atoms with van der Waals surface area (Å²) in [6.07, 6.45) is 0.863. The summed E-state index contributed by atoms with van der Waals surface area (Å²) < 4.78 is 5.61. The summed E-state index contributed by atoms with van der Waals surface area (Å²) in [5, 5.41) is 3.20. The summed E-state index contributed by atoms with van der Waals surface area (Å²) in [5.74, 6) is 1.28. The molecule has 0 bridgehead atoms. The van der Waals surface area contributed by atoms with E-state index in [1.807, 2.05) is 19.1 Å². The van der Waals surface area contributed by atoms with Crippen molar-refractivity contribution in [2.24, 2.45) is 0 Å². The second-order valence-corrected chi connectivity index (χ2v) is 5.00. The smallest absolute Gasteiger partial charge is 0.261 e. The number of amides is 2. The third-order valence-corrected chi connectivity index (χ3v) is 3.62. The first-order valence-electron chi connectivity index (χ1n) is 6.88. The molecule has 5 nitrogen and oxygen atoms in total. The van der Waals surface area contributed by atoms with E-state index in [4.69, 9.17) is 4.42 Å². The van der Waals surface area contributed by atoms with Gasteiger partial charge in [0.2, 0.25) is 0 Å². The minimum atomic E-state index is -0.259. The van der Waals surface area contributed by atoms with E-state index in [-0.39, 0.29) is 11.8 Å². The van der Waals surface area contributed by atoms with Crippen LogP contribution in [0.3, 0.4) is 0 Å². The summed E-state index contributed by atoms with van der Waals surface area (Å²) in [6, 6.07) is 9.08. The first-order chi connectivity index (χ1) is 10.1. The lowest BCUT2D eigenvalue weighted by molar-refractivity contribution is 0.0693. The van der Waals surface area contributed by atoms with Crippen LogP contribution in [-0.2, 0) is 13.0 Å². The lowest BCUT2D eigenvalue weighted by atomic mass is 10.1. The number of anilines is 1. The number of imide groups is 1. The van der Waals surface area contributed by atoms with Gasteiger partial charge in [0, 0.05) is 19.2 Å². The van der Waals surface area contributed by atoms with E-state index in [0.29, 0.717) is 17.7 Å². The molecule has 1 aromatic carbocycles. The largest absolute Gasteiger partial charge is 0.464 e. The van der Waals surface area contributed by atoms with Gasteiger partial charge in [0.05, 0.1) is 17.7 Å². The van der Waals surface area contributed by atoms with E-state index < -0.39 is 0 Å². The summed E-state index contributed by atoms with van der Waals surface area (Å²) in [4.78, 5) is 24.9. The second kappa shape index (κ2) is 5.09. The van der Waals surface area contributed by atoms with E-state index in [0.717, 1.165) is 28.5 Å². The van der Waals surface area contributed by atoms with Crippen LogP contribution >= 0.6 is 0 Å². The van der Waals surface area contributed by atoms with Gasteiger partial charge in [-0.05, 0) is 30.3 Å². The van der Waals surface area contributed by atoms with Gasteiger partial charge in [0.25, 0.3) is 11.8 Å². The van der Waals surface area contributed by atoms with E-state index >= 15 is 0 Å². The Morgan fingerprint density at radius 3 is 2.48 bits per heavy atom. The van der Waals surface area contributed by atoms with Gasteiger partial charge in [-0.1, -0.05) is 6.92 Å². The van der Waals surface area contributed by atoms with Gasteiger partial charge in [-0.15, -0.1) is 0 Å². The van der Waals surface area contributed by atoms with Crippen molar-refractivity contribution in [1.29, 1.82) is 0 Å². The molecular formula is C16H16N2O3. The van der Waals surface area contributed by atoms with Crippen molar-refractivity contribution in [3.8, 4) is 0 Å². The molecule has 0 atom stereocenters.